The van der Waals surface area contributed by atoms with Crippen LogP contribution in [0.1, 0.15) is 28.8 Å². The second-order valence-corrected chi connectivity index (χ2v) is 7.27. The number of hydrogen-bond donors (Lipinski definition) is 2. The highest BCUT2D eigenvalue weighted by Crippen LogP contribution is 2.18. The van der Waals surface area contributed by atoms with Gasteiger partial charge in [0.1, 0.15) is 6.04 Å². The van der Waals surface area contributed by atoms with E-state index in [0.29, 0.717) is 24.9 Å². The van der Waals surface area contributed by atoms with Crippen LogP contribution in [0.15, 0.2) is 24.3 Å². The fourth-order valence-corrected chi connectivity index (χ4v) is 3.37. The van der Waals surface area contributed by atoms with Crippen LogP contribution in [0.2, 0.25) is 0 Å². The molecule has 1 aliphatic heterocycles. The fraction of sp³-hybridized carbons (Fsp3) is 0.500. The van der Waals surface area contributed by atoms with E-state index >= 15 is 0 Å². The Balaban J connectivity index is 2.06. The first kappa shape index (κ1) is 19.3. The summed E-state index contributed by atoms with van der Waals surface area (Å²) in [6.07, 6.45) is 2.92. The Hall–Kier alpha value is -2.02. The van der Waals surface area contributed by atoms with Crippen molar-refractivity contribution in [3.8, 4) is 0 Å². The monoisotopic (exact) mass is 364 g/mol. The molecule has 1 saturated heterocycles. The minimum atomic E-state index is -0.875. The summed E-state index contributed by atoms with van der Waals surface area (Å²) < 4.78 is 0. The Morgan fingerprint density at radius 3 is 2.76 bits per heavy atom. The van der Waals surface area contributed by atoms with Crippen molar-refractivity contribution < 1.29 is 19.5 Å². The number of carbonyl (C=O) groups is 3. The molecular formula is C18H24N2O4S. The zero-order chi connectivity index (χ0) is 18.4. The molecule has 7 heteroatoms. The van der Waals surface area contributed by atoms with Crippen LogP contribution in [0.4, 0.5) is 0 Å². The lowest BCUT2D eigenvalue weighted by molar-refractivity contribution is -0.141. The van der Waals surface area contributed by atoms with Crippen LogP contribution in [0, 0.1) is 12.8 Å². The molecule has 1 heterocycles. The third-order valence-electron chi connectivity index (χ3n) is 4.34. The molecule has 0 bridgehead atoms. The van der Waals surface area contributed by atoms with E-state index < -0.39 is 17.9 Å². The van der Waals surface area contributed by atoms with Gasteiger partial charge in [0.15, 0.2) is 0 Å². The molecule has 0 radical (unpaired) electrons. The zero-order valence-corrected chi connectivity index (χ0v) is 15.3. The van der Waals surface area contributed by atoms with E-state index in [2.05, 4.69) is 5.32 Å². The molecule has 2 amide bonds. The van der Waals surface area contributed by atoms with Crippen molar-refractivity contribution in [1.29, 1.82) is 0 Å². The maximum Gasteiger partial charge on any atom is 0.308 e. The summed E-state index contributed by atoms with van der Waals surface area (Å²) in [4.78, 5) is 37.9. The molecule has 0 aliphatic carbocycles. The number of aryl methyl sites for hydroxylation is 1. The molecule has 136 valence electrons. The minimum Gasteiger partial charge on any atom is -0.481 e. The van der Waals surface area contributed by atoms with Crippen LogP contribution in [0.3, 0.4) is 0 Å². The van der Waals surface area contributed by atoms with Gasteiger partial charge in [-0.3, -0.25) is 14.4 Å². The molecule has 2 atom stereocenters. The number of amides is 2. The Kier molecular flexibility index (Phi) is 6.87. The Morgan fingerprint density at radius 2 is 2.16 bits per heavy atom. The number of nitrogens with one attached hydrogen (secondary N) is 1. The van der Waals surface area contributed by atoms with Crippen LogP contribution in [-0.2, 0) is 9.59 Å². The zero-order valence-electron chi connectivity index (χ0n) is 14.5. The Bertz CT molecular complexity index is 650. The minimum absolute atomic E-state index is 0.196. The van der Waals surface area contributed by atoms with Gasteiger partial charge in [-0.2, -0.15) is 11.8 Å². The van der Waals surface area contributed by atoms with Gasteiger partial charge >= 0.3 is 5.97 Å². The lowest BCUT2D eigenvalue weighted by Crippen LogP contribution is -2.48. The summed E-state index contributed by atoms with van der Waals surface area (Å²) in [6, 6.07) is 6.58. The van der Waals surface area contributed by atoms with E-state index in [4.69, 9.17) is 5.11 Å². The van der Waals surface area contributed by atoms with Crippen LogP contribution < -0.4 is 5.32 Å². The number of carboxylic acid groups (broad SMARTS) is 1. The number of carboxylic acids is 1. The van der Waals surface area contributed by atoms with Crippen molar-refractivity contribution in [2.24, 2.45) is 5.92 Å². The van der Waals surface area contributed by atoms with Crippen molar-refractivity contribution in [3.63, 3.8) is 0 Å². The summed E-state index contributed by atoms with van der Waals surface area (Å²) in [5.74, 6) is -1.13. The van der Waals surface area contributed by atoms with Gasteiger partial charge < -0.3 is 15.3 Å². The highest BCUT2D eigenvalue weighted by atomic mass is 32.2. The average Bonchev–Trinajstić information content (AvgIpc) is 3.08. The third kappa shape index (κ3) is 5.22. The predicted molar refractivity (Wildman–Crippen MR) is 97.8 cm³/mol. The number of hydrogen-bond acceptors (Lipinski definition) is 4. The highest BCUT2D eigenvalue weighted by molar-refractivity contribution is 7.98. The molecule has 2 rings (SSSR count). The number of thioether (sulfide) groups is 1. The number of aliphatic carboxylic acids is 1. The van der Waals surface area contributed by atoms with Gasteiger partial charge in [0.2, 0.25) is 5.91 Å². The SMILES string of the molecule is CSCCC(NC(=O)c1cccc(C)c1)C(=O)N1CCC(C(=O)O)C1. The summed E-state index contributed by atoms with van der Waals surface area (Å²) in [7, 11) is 0. The second-order valence-electron chi connectivity index (χ2n) is 6.29. The first-order chi connectivity index (χ1) is 11.9. The topological polar surface area (TPSA) is 86.7 Å². The quantitative estimate of drug-likeness (QED) is 0.770. The number of benzene rings is 1. The molecule has 1 aromatic rings. The first-order valence-electron chi connectivity index (χ1n) is 8.30. The second kappa shape index (κ2) is 8.89. The van der Waals surface area contributed by atoms with Gasteiger partial charge in [-0.15, -0.1) is 0 Å². The molecular weight excluding hydrogens is 340 g/mol. The van der Waals surface area contributed by atoms with Crippen molar-refractivity contribution in [2.45, 2.75) is 25.8 Å². The molecule has 0 spiro atoms. The fourth-order valence-electron chi connectivity index (χ4n) is 2.90. The molecule has 25 heavy (non-hydrogen) atoms. The van der Waals surface area contributed by atoms with Crippen molar-refractivity contribution in [3.05, 3.63) is 35.4 Å². The number of rotatable bonds is 7. The Labute approximate surface area is 152 Å². The van der Waals surface area contributed by atoms with Gasteiger partial charge in [0.25, 0.3) is 5.91 Å². The van der Waals surface area contributed by atoms with Gasteiger partial charge in [-0.1, -0.05) is 17.7 Å². The van der Waals surface area contributed by atoms with Crippen LogP contribution in [0.25, 0.3) is 0 Å². The summed E-state index contributed by atoms with van der Waals surface area (Å²) in [5.41, 5.74) is 1.50. The van der Waals surface area contributed by atoms with Crippen molar-refractivity contribution >= 4 is 29.5 Å². The van der Waals surface area contributed by atoms with Crippen LogP contribution in [0.5, 0.6) is 0 Å². The van der Waals surface area contributed by atoms with E-state index in [-0.39, 0.29) is 18.4 Å². The smallest absolute Gasteiger partial charge is 0.308 e. The average molecular weight is 364 g/mol. The Morgan fingerprint density at radius 1 is 1.40 bits per heavy atom. The summed E-state index contributed by atoms with van der Waals surface area (Å²) in [6.45, 7) is 2.54. The highest BCUT2D eigenvalue weighted by Gasteiger charge is 2.34. The lowest BCUT2D eigenvalue weighted by Gasteiger charge is -2.24. The standard InChI is InChI=1S/C18H24N2O4S/c1-12-4-3-5-13(10-12)16(21)19-15(7-9-25-2)17(22)20-8-6-14(11-20)18(23)24/h3-5,10,14-15H,6-9,11H2,1-2H3,(H,19,21)(H,23,24). The molecule has 1 aliphatic rings. The molecule has 0 saturated carbocycles. The first-order valence-corrected chi connectivity index (χ1v) is 9.69. The molecule has 1 aromatic carbocycles. The van der Waals surface area contributed by atoms with Crippen LogP contribution >= 0.6 is 11.8 Å². The van der Waals surface area contributed by atoms with Crippen LogP contribution in [-0.4, -0.2) is 58.9 Å². The predicted octanol–water partition coefficient (Wildman–Crippen LogP) is 1.78. The molecule has 2 N–H and O–H groups in total. The molecule has 6 nitrogen and oxygen atoms in total. The van der Waals surface area contributed by atoms with Gasteiger partial charge in [-0.25, -0.2) is 0 Å². The molecule has 2 unspecified atom stereocenters. The number of nitrogens with zero attached hydrogens (tertiary/aromatic N) is 1. The number of likely N-dealkylation sites (tertiary alicyclic amines) is 1. The maximum atomic E-state index is 12.8. The molecule has 0 aromatic heterocycles. The molecule has 1 fully saturated rings. The van der Waals surface area contributed by atoms with E-state index in [1.165, 1.54) is 0 Å². The van der Waals surface area contributed by atoms with Gasteiger partial charge in [0.05, 0.1) is 5.92 Å². The third-order valence-corrected chi connectivity index (χ3v) is 4.99. The summed E-state index contributed by atoms with van der Waals surface area (Å²) in [5, 5.41) is 11.9. The largest absolute Gasteiger partial charge is 0.481 e. The number of carbonyl (C=O) groups excluding carboxylic acids is 2. The van der Waals surface area contributed by atoms with E-state index in [9.17, 15) is 14.4 Å². The van der Waals surface area contributed by atoms with E-state index in [0.717, 1.165) is 11.3 Å². The maximum absolute atomic E-state index is 12.8. The van der Waals surface area contributed by atoms with E-state index in [1.54, 1.807) is 34.9 Å². The van der Waals surface area contributed by atoms with E-state index in [1.807, 2.05) is 19.2 Å². The normalized spacial score (nSPS) is 18.0. The lowest BCUT2D eigenvalue weighted by atomic mass is 10.1. The van der Waals surface area contributed by atoms with Gasteiger partial charge in [-0.05, 0) is 43.9 Å². The van der Waals surface area contributed by atoms with Gasteiger partial charge in [0, 0.05) is 18.7 Å². The summed E-state index contributed by atoms with van der Waals surface area (Å²) >= 11 is 1.60. The van der Waals surface area contributed by atoms with Crippen molar-refractivity contribution in [2.75, 3.05) is 25.1 Å². The van der Waals surface area contributed by atoms with Crippen molar-refractivity contribution in [1.82, 2.24) is 10.2 Å².